The number of rotatable bonds is 23. The van der Waals surface area contributed by atoms with E-state index < -0.39 is 0 Å². The molecule has 16 heterocycles. The van der Waals surface area contributed by atoms with E-state index in [0.717, 1.165) is 143 Å². The minimum absolute atomic E-state index is 0.122. The molecule has 0 saturated carbocycles. The molecule has 6 fully saturated rings. The number of amides is 1. The molecule has 0 spiro atoms. The van der Waals surface area contributed by atoms with Crippen LogP contribution in [-0.4, -0.2) is 261 Å². The summed E-state index contributed by atoms with van der Waals surface area (Å²) in [6.07, 6.45) is 15.8. The van der Waals surface area contributed by atoms with E-state index in [1.807, 2.05) is 84.4 Å². The number of nitrogens with zero attached hydrogens (tertiary/aromatic N) is 25. The number of hydrogen-bond acceptors (Lipinski definition) is 30. The number of morpholine rings is 1. The number of carbonyl (C=O) groups is 1. The fraction of sp³-hybridized carbons (Fsp3) is 0.367. The van der Waals surface area contributed by atoms with Gasteiger partial charge in [-0.25, -0.2) is 33.7 Å². The molecule has 10 aromatic heterocycles. The zero-order chi connectivity index (χ0) is 95.9. The first-order valence-corrected chi connectivity index (χ1v) is 48.8. The van der Waals surface area contributed by atoms with Gasteiger partial charge in [0.05, 0.1) is 54.1 Å². The van der Waals surface area contributed by atoms with Gasteiger partial charge in [0.2, 0.25) is 29.6 Å². The third kappa shape index (κ3) is 22.0. The number of thioether (sulfide) groups is 1. The lowest BCUT2D eigenvalue weighted by molar-refractivity contribution is -0.130. The van der Waals surface area contributed by atoms with Crippen molar-refractivity contribution in [1.82, 2.24) is 123 Å². The van der Waals surface area contributed by atoms with Crippen LogP contribution in [0.4, 0.5) is 45.0 Å². The zero-order valence-electron chi connectivity index (χ0n) is 77.7. The van der Waals surface area contributed by atoms with Crippen molar-refractivity contribution in [3.8, 4) is 73.3 Å². The van der Waals surface area contributed by atoms with E-state index in [4.69, 9.17) is 64.0 Å². The fourth-order valence-corrected chi connectivity index (χ4v) is 20.5. The molecule has 718 valence electrons. The maximum Gasteiger partial charge on any atom is 0.261 e. The Kier molecular flexibility index (Phi) is 29.1. The number of pyridine rings is 4. The fourth-order valence-electron chi connectivity index (χ4n) is 18.3. The van der Waals surface area contributed by atoms with Crippen molar-refractivity contribution < 1.29 is 23.4 Å². The Balaban J connectivity index is 0.000000133. The number of benzene rings is 5. The summed E-state index contributed by atoms with van der Waals surface area (Å²) in [5.41, 5.74) is 10.3. The third-order valence-electron chi connectivity index (χ3n) is 25.9. The Hall–Kier alpha value is -13.2. The van der Waals surface area contributed by atoms with E-state index in [1.54, 1.807) is 117 Å². The average Bonchev–Trinajstić information content (AvgIpc) is 1.26. The van der Waals surface area contributed by atoms with Crippen LogP contribution in [0, 0.1) is 11.7 Å². The molecule has 0 aliphatic carbocycles. The lowest BCUT2D eigenvalue weighted by atomic mass is 9.97. The summed E-state index contributed by atoms with van der Waals surface area (Å²) in [5.74, 6) is 3.83. The van der Waals surface area contributed by atoms with Gasteiger partial charge < -0.3 is 55.1 Å². The number of nitrogens with one attached hydrogen (secondary N) is 4. The lowest BCUT2D eigenvalue weighted by Gasteiger charge is -2.33. The molecule has 15 aromatic rings. The van der Waals surface area contributed by atoms with Crippen LogP contribution in [0.5, 0.6) is 5.75 Å². The average molecular weight is 1960 g/mol. The number of aromatic nitrogens is 20. The highest BCUT2D eigenvalue weighted by molar-refractivity contribution is 7.99. The van der Waals surface area contributed by atoms with Gasteiger partial charge in [-0.3, -0.25) is 42.8 Å². The SMILES string of the molecule is CC1CN(c2ccc(Nc3ncc4cc(-c5ncc(-c6ncnn6C)cc5Cl)c(=O)n(CCN5CCOCC5)c4n3)cc2F)CCN1.CN1CCC(Oc2ccc(Nc3ncc4cc(-c5ccc(Cl)cc5-c5cnnn5C)c(=O)n(CC5CCOCC5)c4n3)cc2)CC1.CN1CCSC(c2ccc(Nc3ncc4cc(-c5ccc(-c6nnn(C)n6)cc5Cl)c(=O)n(CC(=O)N5CCCC5)c4n3)cc2)C1. The molecule has 1 amide bonds. The Labute approximate surface area is 818 Å². The minimum Gasteiger partial charge on any atom is -0.490 e. The van der Waals surface area contributed by atoms with Crippen LogP contribution < -0.4 is 47.6 Å². The predicted octanol–water partition coefficient (Wildman–Crippen LogP) is 13.3. The number of ether oxygens (including phenoxy) is 3. The molecule has 41 heteroatoms. The van der Waals surface area contributed by atoms with Crippen molar-refractivity contribution in [2.24, 2.45) is 27.1 Å². The maximum atomic E-state index is 15.2. The van der Waals surface area contributed by atoms with E-state index >= 15 is 4.39 Å². The number of likely N-dealkylation sites (tertiary alicyclic amines) is 2. The van der Waals surface area contributed by atoms with Gasteiger partial charge in [-0.15, -0.1) is 15.3 Å². The van der Waals surface area contributed by atoms with Crippen LogP contribution in [0.1, 0.15) is 56.3 Å². The Morgan fingerprint density at radius 1 is 0.561 bits per heavy atom. The number of likely N-dealkylation sites (N-methyl/N-ethyl adjacent to an activating group) is 1. The first-order valence-electron chi connectivity index (χ1n) is 46.6. The summed E-state index contributed by atoms with van der Waals surface area (Å²) in [4.78, 5) is 105. The molecule has 6 aliphatic rings. The van der Waals surface area contributed by atoms with Crippen molar-refractivity contribution in [2.75, 3.05) is 146 Å². The van der Waals surface area contributed by atoms with Crippen molar-refractivity contribution in [2.45, 2.75) is 82.5 Å². The van der Waals surface area contributed by atoms with Crippen LogP contribution in [-0.2, 0) is 55.0 Å². The second-order valence-corrected chi connectivity index (χ2v) is 38.2. The number of piperazine rings is 1. The van der Waals surface area contributed by atoms with E-state index in [2.05, 4.69) is 125 Å². The number of fused-ring (bicyclic) bond motifs is 3. The molecule has 2 unspecified atom stereocenters. The summed E-state index contributed by atoms with van der Waals surface area (Å²) in [7, 11) is 9.58. The van der Waals surface area contributed by atoms with Gasteiger partial charge in [0, 0.05) is 237 Å². The Morgan fingerprint density at radius 2 is 1.19 bits per heavy atom. The normalized spacial score (nSPS) is 17.0. The van der Waals surface area contributed by atoms with E-state index in [-0.39, 0.29) is 53.0 Å². The van der Waals surface area contributed by atoms with Crippen molar-refractivity contribution >= 4 is 126 Å². The third-order valence-corrected chi connectivity index (χ3v) is 28.0. The van der Waals surface area contributed by atoms with Crippen LogP contribution in [0.15, 0.2) is 179 Å². The number of halogens is 4. The summed E-state index contributed by atoms with van der Waals surface area (Å²) in [6.45, 7) is 15.6. The highest BCUT2D eigenvalue weighted by atomic mass is 35.5. The first-order chi connectivity index (χ1) is 67.6. The largest absolute Gasteiger partial charge is 0.490 e. The van der Waals surface area contributed by atoms with E-state index in [0.29, 0.717) is 187 Å². The zero-order valence-corrected chi connectivity index (χ0v) is 80.8. The van der Waals surface area contributed by atoms with Crippen molar-refractivity contribution in [3.63, 3.8) is 0 Å². The Bertz CT molecular complexity index is 7180. The lowest BCUT2D eigenvalue weighted by Crippen LogP contribution is -2.49. The molecular weight excluding hydrogens is 1850 g/mol. The van der Waals surface area contributed by atoms with Crippen LogP contribution in [0.3, 0.4) is 0 Å². The molecule has 36 nitrogen and oxygen atoms in total. The summed E-state index contributed by atoms with van der Waals surface area (Å²) < 4.78 is 40.7. The standard InChI is InChI=1S/C34H37ClN8O3.C32H35ClFN11O2.C32H33ClN10O2S/c1-41-13-9-27(10-14-41)46-26-6-4-25(5-7-26)38-34-36-19-23-17-30(28-8-3-24(35)18-29(28)31-20-37-40-42(31)2)33(44)43(32(23)39-34)21-22-11-15-45-16-12-22;1-20-18-44(6-5-35-20)27-4-3-23(15-26(27)34)40-32-37-17-21-13-24(28-25(33)14-22(16-36-28)29-38-19-39-42(29)2)31(46)45(30(21)41-32)8-7-43-9-11-47-12-10-43;1-40-13-14-46-27(18-40)20-5-8-23(9-6-20)35-32-34-17-22-15-25(24-10-7-21(16-26(24)33)29-37-39-41(2)38-29)31(45)43(30(22)36-32)19-28(44)42-11-3-4-12-42/h3-8,17-20,22,27H,9-16,21H2,1-2H3,(H,36,38,39);3-4,13-17,19-20,35H,5-12,18H2,1-2H3,(H,37,40,41);5-10,15-17,27H,3-4,11-14,18-19H2,1-2H3,(H,34,35,36). The van der Waals surface area contributed by atoms with Gasteiger partial charge in [-0.05, 0) is 179 Å². The van der Waals surface area contributed by atoms with Crippen molar-refractivity contribution in [3.05, 3.63) is 222 Å². The monoisotopic (exact) mass is 1960 g/mol. The second kappa shape index (κ2) is 42.7. The number of anilines is 7. The molecular formula is C98H105Cl3FN29O7S. The topological polar surface area (TPSA) is 370 Å². The van der Waals surface area contributed by atoms with E-state index in [1.165, 1.54) is 27.3 Å². The van der Waals surface area contributed by atoms with Crippen LogP contribution >= 0.6 is 46.6 Å². The summed E-state index contributed by atoms with van der Waals surface area (Å²) in [5, 5.41) is 41.2. The maximum absolute atomic E-state index is 15.2. The summed E-state index contributed by atoms with van der Waals surface area (Å²) >= 11 is 21.9. The van der Waals surface area contributed by atoms with Gasteiger partial charge in [-0.2, -0.15) is 36.6 Å². The van der Waals surface area contributed by atoms with Crippen LogP contribution in [0.25, 0.3) is 101 Å². The summed E-state index contributed by atoms with van der Waals surface area (Å²) in [6, 6.07) is 39.3. The smallest absolute Gasteiger partial charge is 0.261 e. The number of piperidine rings is 1. The molecule has 0 bridgehead atoms. The number of tetrazole rings is 1. The molecule has 6 aliphatic heterocycles. The van der Waals surface area contributed by atoms with Gasteiger partial charge in [0.15, 0.2) is 5.82 Å². The molecule has 0 radical (unpaired) electrons. The van der Waals surface area contributed by atoms with Gasteiger partial charge in [-0.1, -0.05) is 70.3 Å². The Morgan fingerprint density at radius 3 is 1.83 bits per heavy atom. The quantitative estimate of drug-likeness (QED) is 0.0462. The molecule has 139 heavy (non-hydrogen) atoms. The van der Waals surface area contributed by atoms with E-state index in [9.17, 15) is 19.2 Å². The molecule has 4 N–H and O–H groups in total. The predicted molar refractivity (Wildman–Crippen MR) is 538 cm³/mol. The highest BCUT2D eigenvalue weighted by Crippen LogP contribution is 2.39. The molecule has 21 rings (SSSR count). The molecule has 2 atom stereocenters. The number of aryl methyl sites for hydroxylation is 3. The number of hydrogen-bond donors (Lipinski definition) is 4. The number of carbonyl (C=O) groups excluding carboxylic acids is 1. The van der Waals surface area contributed by atoms with Gasteiger partial charge in [0.1, 0.15) is 47.5 Å². The minimum atomic E-state index is -0.365. The van der Waals surface area contributed by atoms with Gasteiger partial charge >= 0.3 is 0 Å². The molecule has 6 saturated heterocycles. The van der Waals surface area contributed by atoms with Crippen LogP contribution in [0.2, 0.25) is 15.1 Å². The second-order valence-electron chi connectivity index (χ2n) is 35.7. The highest BCUT2D eigenvalue weighted by Gasteiger charge is 2.30. The molecule has 5 aromatic carbocycles. The van der Waals surface area contributed by atoms with Crippen molar-refractivity contribution in [1.29, 1.82) is 0 Å². The first kappa shape index (κ1) is 94.8. The van der Waals surface area contributed by atoms with Gasteiger partial charge in [0.25, 0.3) is 16.7 Å².